The normalized spacial score (nSPS) is 11.6. The fourth-order valence-electron chi connectivity index (χ4n) is 3.22. The number of hydrogen-bond acceptors (Lipinski definition) is 2. The molecule has 0 saturated heterocycles. The highest BCUT2D eigenvalue weighted by Crippen LogP contribution is 2.29. The van der Waals surface area contributed by atoms with Gasteiger partial charge in [-0.05, 0) is 41.3 Å². The summed E-state index contributed by atoms with van der Waals surface area (Å²) in [5.74, 6) is -1.51. The summed E-state index contributed by atoms with van der Waals surface area (Å²) >= 11 is 0. The van der Waals surface area contributed by atoms with Gasteiger partial charge in [-0.15, -0.1) is 0 Å². The summed E-state index contributed by atoms with van der Waals surface area (Å²) in [6, 6.07) is 18.7. The first-order valence-corrected chi connectivity index (χ1v) is 9.00. The Bertz CT molecular complexity index is 1080. The third kappa shape index (κ3) is 4.18. The van der Waals surface area contributed by atoms with Crippen molar-refractivity contribution in [3.05, 3.63) is 83.2 Å². The molecule has 0 aliphatic carbocycles. The maximum atomic E-state index is 12.9. The summed E-state index contributed by atoms with van der Waals surface area (Å²) in [5.41, 5.74) is 2.51. The molecule has 1 atom stereocenters. The second-order valence-electron chi connectivity index (χ2n) is 6.63. The van der Waals surface area contributed by atoms with Gasteiger partial charge in [0.05, 0.1) is 12.5 Å². The number of hydrogen-bond donors (Lipinski definition) is 2. The van der Waals surface area contributed by atoms with Crippen LogP contribution in [0.3, 0.4) is 0 Å². The van der Waals surface area contributed by atoms with E-state index in [1.807, 2.05) is 49.4 Å². The van der Waals surface area contributed by atoms with Crippen molar-refractivity contribution in [2.24, 2.45) is 0 Å². The average Bonchev–Trinajstić information content (AvgIpc) is 2.71. The van der Waals surface area contributed by atoms with Gasteiger partial charge in [0.15, 0.2) is 5.69 Å². The van der Waals surface area contributed by atoms with E-state index in [4.69, 9.17) is 11.7 Å². The van der Waals surface area contributed by atoms with Crippen LogP contribution in [0.25, 0.3) is 15.6 Å². The Kier molecular flexibility index (Phi) is 5.71. The molecule has 28 heavy (non-hydrogen) atoms. The summed E-state index contributed by atoms with van der Waals surface area (Å²) in [4.78, 5) is 27.3. The molecule has 0 fully saturated rings. The molecule has 0 heterocycles. The Morgan fingerprint density at radius 2 is 1.86 bits per heavy atom. The maximum absolute atomic E-state index is 12.9. The largest absolute Gasteiger partial charge is 0.481 e. The van der Waals surface area contributed by atoms with Gasteiger partial charge in [-0.1, -0.05) is 54.6 Å². The highest BCUT2D eigenvalue weighted by molar-refractivity contribution is 6.00. The number of carbonyl (C=O) groups excluding carboxylic acids is 1. The van der Waals surface area contributed by atoms with Gasteiger partial charge in [0.2, 0.25) is 5.91 Å². The Hall–Kier alpha value is -3.65. The van der Waals surface area contributed by atoms with E-state index in [0.717, 1.165) is 16.3 Å². The van der Waals surface area contributed by atoms with Crippen LogP contribution < -0.4 is 5.32 Å². The minimum Gasteiger partial charge on any atom is -0.481 e. The number of aliphatic carboxylic acids is 1. The van der Waals surface area contributed by atoms with Gasteiger partial charge in [-0.25, -0.2) is 4.85 Å². The lowest BCUT2D eigenvalue weighted by molar-refractivity contribution is -0.136. The minimum atomic E-state index is -0.907. The van der Waals surface area contributed by atoms with Crippen molar-refractivity contribution in [3.8, 4) is 0 Å². The molecule has 0 bridgehead atoms. The number of carboxylic acid groups (broad SMARTS) is 1. The number of nitrogens with zero attached hydrogens (tertiary/aromatic N) is 1. The summed E-state index contributed by atoms with van der Waals surface area (Å²) < 4.78 is 0. The third-order valence-electron chi connectivity index (χ3n) is 4.77. The number of amides is 1. The van der Waals surface area contributed by atoms with E-state index in [2.05, 4.69) is 10.2 Å². The van der Waals surface area contributed by atoms with Crippen molar-refractivity contribution in [3.63, 3.8) is 0 Å². The van der Waals surface area contributed by atoms with Gasteiger partial charge in [-0.3, -0.25) is 9.59 Å². The molecule has 5 nitrogen and oxygen atoms in total. The lowest BCUT2D eigenvalue weighted by Crippen LogP contribution is -2.20. The number of aryl methyl sites for hydroxylation is 1. The van der Waals surface area contributed by atoms with Crippen LogP contribution in [0.2, 0.25) is 0 Å². The smallest absolute Gasteiger partial charge is 0.303 e. The molecule has 0 spiro atoms. The van der Waals surface area contributed by atoms with E-state index in [1.165, 1.54) is 0 Å². The van der Waals surface area contributed by atoms with Crippen molar-refractivity contribution >= 4 is 34.0 Å². The molecule has 5 heteroatoms. The molecule has 1 amide bonds. The standard InChI is InChI=1S/C23H20N2O3/c1-15(19-9-5-7-16-6-3-4-8-20(16)19)23(28)25-21-14-18(24-2)12-10-17(21)11-13-22(26)27/h3-10,12,14-15H,11,13H2,1H3,(H,25,28)(H,26,27). The van der Waals surface area contributed by atoms with Gasteiger partial charge in [-0.2, -0.15) is 0 Å². The predicted molar refractivity (Wildman–Crippen MR) is 110 cm³/mol. The van der Waals surface area contributed by atoms with E-state index in [9.17, 15) is 9.59 Å². The van der Waals surface area contributed by atoms with E-state index in [0.29, 0.717) is 16.9 Å². The fraction of sp³-hybridized carbons (Fsp3) is 0.174. The van der Waals surface area contributed by atoms with Crippen LogP contribution >= 0.6 is 0 Å². The SMILES string of the molecule is [C-]#[N+]c1ccc(CCC(=O)O)c(NC(=O)C(C)c2cccc3ccccc23)c1. The van der Waals surface area contributed by atoms with E-state index < -0.39 is 11.9 Å². The zero-order chi connectivity index (χ0) is 20.1. The predicted octanol–water partition coefficient (Wildman–Crippen LogP) is 5.15. The first-order valence-electron chi connectivity index (χ1n) is 9.00. The number of nitrogens with one attached hydrogen (secondary N) is 1. The number of carbonyl (C=O) groups is 2. The topological polar surface area (TPSA) is 70.8 Å². The zero-order valence-corrected chi connectivity index (χ0v) is 15.5. The molecule has 0 saturated carbocycles. The van der Waals surface area contributed by atoms with Crippen LogP contribution in [0.4, 0.5) is 11.4 Å². The van der Waals surface area contributed by atoms with Crippen LogP contribution in [0, 0.1) is 6.57 Å². The maximum Gasteiger partial charge on any atom is 0.303 e. The number of benzene rings is 3. The van der Waals surface area contributed by atoms with E-state index in [-0.39, 0.29) is 18.7 Å². The second-order valence-corrected chi connectivity index (χ2v) is 6.63. The third-order valence-corrected chi connectivity index (χ3v) is 4.77. The Morgan fingerprint density at radius 3 is 2.61 bits per heavy atom. The number of anilines is 1. The first-order chi connectivity index (χ1) is 13.5. The van der Waals surface area contributed by atoms with Crippen LogP contribution in [0.5, 0.6) is 0 Å². The molecular weight excluding hydrogens is 352 g/mol. The van der Waals surface area contributed by atoms with Crippen molar-refractivity contribution in [2.45, 2.75) is 25.7 Å². The summed E-state index contributed by atoms with van der Waals surface area (Å²) in [5, 5.41) is 13.9. The fourth-order valence-corrected chi connectivity index (χ4v) is 3.22. The van der Waals surface area contributed by atoms with Crippen molar-refractivity contribution < 1.29 is 14.7 Å². The van der Waals surface area contributed by atoms with E-state index in [1.54, 1.807) is 18.2 Å². The van der Waals surface area contributed by atoms with Crippen LogP contribution in [0.15, 0.2) is 60.7 Å². The quantitative estimate of drug-likeness (QED) is 0.588. The van der Waals surface area contributed by atoms with Crippen LogP contribution in [-0.2, 0) is 16.0 Å². The van der Waals surface area contributed by atoms with Gasteiger partial charge in [0.1, 0.15) is 0 Å². The molecule has 3 rings (SSSR count). The highest BCUT2D eigenvalue weighted by Gasteiger charge is 2.19. The van der Waals surface area contributed by atoms with Crippen molar-refractivity contribution in [1.82, 2.24) is 0 Å². The number of rotatable bonds is 6. The molecule has 140 valence electrons. The van der Waals surface area contributed by atoms with Gasteiger partial charge in [0.25, 0.3) is 0 Å². The molecule has 0 aliphatic rings. The van der Waals surface area contributed by atoms with Crippen molar-refractivity contribution in [1.29, 1.82) is 0 Å². The minimum absolute atomic E-state index is 0.0425. The lowest BCUT2D eigenvalue weighted by Gasteiger charge is -2.17. The summed E-state index contributed by atoms with van der Waals surface area (Å²) in [6.07, 6.45) is 0.241. The summed E-state index contributed by atoms with van der Waals surface area (Å²) in [6.45, 7) is 9.03. The second kappa shape index (κ2) is 8.36. The molecule has 1 unspecified atom stereocenters. The van der Waals surface area contributed by atoms with Gasteiger partial charge >= 0.3 is 5.97 Å². The molecule has 2 N–H and O–H groups in total. The number of carboxylic acids is 1. The van der Waals surface area contributed by atoms with Gasteiger partial charge in [0, 0.05) is 12.1 Å². The Balaban J connectivity index is 1.89. The zero-order valence-electron chi connectivity index (χ0n) is 15.5. The molecular formula is C23H20N2O3. The molecule has 3 aromatic carbocycles. The van der Waals surface area contributed by atoms with Gasteiger partial charge < -0.3 is 10.4 Å². The monoisotopic (exact) mass is 372 g/mol. The molecule has 3 aromatic rings. The Labute approximate surface area is 163 Å². The Morgan fingerprint density at radius 1 is 1.11 bits per heavy atom. The number of fused-ring (bicyclic) bond motifs is 1. The first kappa shape index (κ1) is 19.1. The molecule has 0 radical (unpaired) electrons. The lowest BCUT2D eigenvalue weighted by atomic mass is 9.94. The van der Waals surface area contributed by atoms with Crippen LogP contribution in [-0.4, -0.2) is 17.0 Å². The van der Waals surface area contributed by atoms with Crippen molar-refractivity contribution in [2.75, 3.05) is 5.32 Å². The molecule has 0 aromatic heterocycles. The average molecular weight is 372 g/mol. The highest BCUT2D eigenvalue weighted by atomic mass is 16.4. The molecule has 0 aliphatic heterocycles. The summed E-state index contributed by atoms with van der Waals surface area (Å²) in [7, 11) is 0. The van der Waals surface area contributed by atoms with E-state index >= 15 is 0 Å². The van der Waals surface area contributed by atoms with Crippen LogP contribution in [0.1, 0.15) is 30.4 Å².